The molecule has 2 bridgehead atoms. The minimum atomic E-state index is -4.06. The Balaban J connectivity index is 1.27. The lowest BCUT2D eigenvalue weighted by molar-refractivity contribution is 0.0512. The third-order valence-corrected chi connectivity index (χ3v) is 10.6. The normalized spacial score (nSPS) is 38.1. The van der Waals surface area contributed by atoms with E-state index >= 15 is 4.39 Å². The predicted molar refractivity (Wildman–Crippen MR) is 149 cm³/mol. The first-order valence-corrected chi connectivity index (χ1v) is 18.0. The predicted octanol–water partition coefficient (Wildman–Crippen LogP) is 2.57. The second-order valence-electron chi connectivity index (χ2n) is 10.1. The van der Waals surface area contributed by atoms with Crippen molar-refractivity contribution in [1.29, 1.82) is 0 Å². The summed E-state index contributed by atoms with van der Waals surface area (Å²) in [6.07, 6.45) is -0.183. The van der Waals surface area contributed by atoms with Crippen molar-refractivity contribution < 1.29 is 31.6 Å². The molecule has 1 saturated heterocycles. The van der Waals surface area contributed by atoms with E-state index in [0.29, 0.717) is 12.2 Å². The summed E-state index contributed by atoms with van der Waals surface area (Å²) in [6.45, 7) is -8.48. The molecule has 0 unspecified atom stereocenters. The fraction of sp³-hybridized carbons (Fsp3) is 0.600. The van der Waals surface area contributed by atoms with Crippen LogP contribution in [-0.4, -0.2) is 72.6 Å². The van der Waals surface area contributed by atoms with Gasteiger partial charge >= 0.3 is 13.6 Å². The van der Waals surface area contributed by atoms with E-state index in [1.54, 1.807) is 6.07 Å². The van der Waals surface area contributed by atoms with Crippen LogP contribution in [0.25, 0.3) is 11.2 Å². The number of nitrogens with one attached hydrogen (secondary N) is 2. The van der Waals surface area contributed by atoms with E-state index in [1.165, 1.54) is 17.2 Å². The molecule has 0 amide bonds. The molecule has 222 valence electrons. The lowest BCUT2D eigenvalue weighted by Crippen LogP contribution is -2.33. The Morgan fingerprint density at radius 2 is 1.93 bits per heavy atom. The highest BCUT2D eigenvalue weighted by molar-refractivity contribution is 8.44. The number of nitrogens with zero attached hydrogens (tertiary/aromatic N) is 6. The number of aromatic amines is 1. The molecule has 4 N–H and O–H groups in total. The molecule has 0 aromatic carbocycles. The van der Waals surface area contributed by atoms with Crippen molar-refractivity contribution >= 4 is 61.0 Å². The number of aromatic nitrogens is 7. The van der Waals surface area contributed by atoms with Gasteiger partial charge in [-0.15, -0.1) is 5.10 Å². The van der Waals surface area contributed by atoms with Gasteiger partial charge in [0.15, 0.2) is 11.2 Å². The number of rotatable bonds is 3. The molecule has 41 heavy (non-hydrogen) atoms. The van der Waals surface area contributed by atoms with E-state index in [4.69, 9.17) is 23.8 Å². The molecule has 0 radical (unpaired) electrons. The largest absolute Gasteiger partial charge is 0.386 e. The number of hydrogen-bond acceptors (Lipinski definition) is 14. The van der Waals surface area contributed by atoms with Crippen LogP contribution < -0.4 is 16.6 Å². The monoisotopic (exact) mass is 649 g/mol. The van der Waals surface area contributed by atoms with Gasteiger partial charge in [-0.05, 0) is 31.2 Å². The summed E-state index contributed by atoms with van der Waals surface area (Å²) in [5.74, 6) is -0.791. The summed E-state index contributed by atoms with van der Waals surface area (Å²) in [5.41, 5.74) is 5.22. The minimum Gasteiger partial charge on any atom is -0.369 e. The first-order chi connectivity index (χ1) is 19.5. The standard InChI is InChI=1S/C20H26FN9O7P2S2/c21-15-11(25-14-1-2-23-8-24-14)5-10-7-35-38(32,40)36-13-4-9(6-34-39(33,41)37-17(10)15)3-12(13)30-18-16(28-29-30)19(31)27-20(22)26-18/h1-2,8-13,15,17H,3-7H2,(H,32,40)(H,33,41)(H,23,24,25)(H3,22,26,27,31)/t9-,10+,11+,12+,13+,15-,17+,38-,39-/m0/s1. The molecular formula is C20H26FN9O7P2S2. The third kappa shape index (κ3) is 6.18. The van der Waals surface area contributed by atoms with Gasteiger partial charge in [0.25, 0.3) is 5.56 Å². The van der Waals surface area contributed by atoms with Crippen LogP contribution in [0, 0.1) is 11.8 Å². The number of thiol groups is 2. The van der Waals surface area contributed by atoms with E-state index in [0.717, 1.165) is 0 Å². The first kappa shape index (κ1) is 29.0. The average Bonchev–Trinajstić information content (AvgIpc) is 3.58. The van der Waals surface area contributed by atoms with Crippen molar-refractivity contribution in [2.24, 2.45) is 11.8 Å². The number of halogens is 1. The highest BCUT2D eigenvalue weighted by Gasteiger charge is 2.50. The number of anilines is 2. The second kappa shape index (κ2) is 11.2. The lowest BCUT2D eigenvalue weighted by Gasteiger charge is -2.26. The lowest BCUT2D eigenvalue weighted by atomic mass is 10.1. The number of fused-ring (bicyclic) bond motifs is 4. The summed E-state index contributed by atoms with van der Waals surface area (Å²) in [4.78, 5) is 26.7. The molecule has 6 rings (SSSR count). The van der Waals surface area contributed by atoms with Gasteiger partial charge in [-0.1, -0.05) is 29.7 Å². The maximum atomic E-state index is 15.6. The van der Waals surface area contributed by atoms with Gasteiger partial charge in [0.05, 0.1) is 31.4 Å². The van der Waals surface area contributed by atoms with Crippen molar-refractivity contribution in [3.05, 3.63) is 28.9 Å². The molecule has 21 heteroatoms. The van der Waals surface area contributed by atoms with Crippen molar-refractivity contribution in [2.45, 2.75) is 49.7 Å². The fourth-order valence-electron chi connectivity index (χ4n) is 5.53. The van der Waals surface area contributed by atoms with Crippen molar-refractivity contribution in [2.75, 3.05) is 24.3 Å². The van der Waals surface area contributed by atoms with E-state index < -0.39 is 55.5 Å². The molecule has 3 aliphatic rings. The molecule has 4 heterocycles. The summed E-state index contributed by atoms with van der Waals surface area (Å²) >= 11 is 8.29. The zero-order valence-corrected chi connectivity index (χ0v) is 24.7. The molecule has 3 aromatic heterocycles. The zero-order valence-electron chi connectivity index (χ0n) is 21.1. The van der Waals surface area contributed by atoms with Crippen molar-refractivity contribution in [3.8, 4) is 0 Å². The van der Waals surface area contributed by atoms with E-state index in [2.05, 4.69) is 60.1 Å². The smallest absolute Gasteiger partial charge is 0.369 e. The van der Waals surface area contributed by atoms with Gasteiger partial charge < -0.3 is 20.1 Å². The van der Waals surface area contributed by atoms with Crippen LogP contribution in [0.15, 0.2) is 23.4 Å². The molecule has 2 saturated carbocycles. The maximum absolute atomic E-state index is 15.6. The third-order valence-electron chi connectivity index (χ3n) is 7.32. The molecule has 0 spiro atoms. The number of nitrogens with two attached hydrogens (primary N) is 1. The molecule has 16 nitrogen and oxygen atoms in total. The van der Waals surface area contributed by atoms with Gasteiger partial charge in [0, 0.05) is 12.1 Å². The Hall–Kier alpha value is -2.11. The van der Waals surface area contributed by atoms with Crippen molar-refractivity contribution in [3.63, 3.8) is 0 Å². The Morgan fingerprint density at radius 3 is 2.71 bits per heavy atom. The highest BCUT2D eigenvalue weighted by atomic mass is 32.7. The van der Waals surface area contributed by atoms with Gasteiger partial charge in [0.1, 0.15) is 24.4 Å². The first-order valence-electron chi connectivity index (χ1n) is 12.6. The summed E-state index contributed by atoms with van der Waals surface area (Å²) in [5, 5.41) is 11.0. The molecule has 3 fully saturated rings. The Morgan fingerprint density at radius 1 is 1.15 bits per heavy atom. The van der Waals surface area contributed by atoms with Crippen LogP contribution >= 0.6 is 38.1 Å². The summed E-state index contributed by atoms with van der Waals surface area (Å²) in [6, 6.07) is 0.144. The topological polar surface area (TPSA) is 211 Å². The fourth-order valence-corrected chi connectivity index (χ4v) is 8.68. The molecule has 1 aliphatic heterocycles. The van der Waals surface area contributed by atoms with Crippen LogP contribution in [0.3, 0.4) is 0 Å². The van der Waals surface area contributed by atoms with E-state index in [1.807, 2.05) is 0 Å². The van der Waals surface area contributed by atoms with Gasteiger partial charge in [0.2, 0.25) is 5.95 Å². The van der Waals surface area contributed by atoms with Crippen molar-refractivity contribution in [1.82, 2.24) is 34.9 Å². The quantitative estimate of drug-likeness (QED) is 0.204. The average molecular weight is 650 g/mol. The number of alkyl halides is 1. The van der Waals surface area contributed by atoms with E-state index in [-0.39, 0.29) is 49.1 Å². The van der Waals surface area contributed by atoms with E-state index in [9.17, 15) is 13.9 Å². The summed E-state index contributed by atoms with van der Waals surface area (Å²) in [7, 11) is 0. The molecule has 2 aliphatic carbocycles. The molecular weight excluding hydrogens is 623 g/mol. The maximum Gasteiger partial charge on any atom is 0.386 e. The van der Waals surface area contributed by atoms with Gasteiger partial charge in [-0.3, -0.25) is 18.8 Å². The van der Waals surface area contributed by atoms with Crippen LogP contribution in [0.4, 0.5) is 16.2 Å². The Kier molecular flexibility index (Phi) is 7.91. The number of nitrogen functional groups attached to an aromatic ring is 1. The van der Waals surface area contributed by atoms with Crippen LogP contribution in [0.1, 0.15) is 25.3 Å². The Labute approximate surface area is 242 Å². The van der Waals surface area contributed by atoms with Gasteiger partial charge in [-0.2, -0.15) is 4.98 Å². The van der Waals surface area contributed by atoms with Crippen LogP contribution in [-0.2, 0) is 27.2 Å². The number of hydrogen-bond donors (Lipinski definition) is 5. The van der Waals surface area contributed by atoms with Crippen LogP contribution in [0.5, 0.6) is 0 Å². The summed E-state index contributed by atoms with van der Waals surface area (Å²) < 4.78 is 66.4. The number of H-pyrrole nitrogens is 1. The van der Waals surface area contributed by atoms with Crippen LogP contribution in [0.2, 0.25) is 0 Å². The molecule has 9 atom stereocenters. The Bertz CT molecular complexity index is 1590. The molecule has 3 aromatic rings. The van der Waals surface area contributed by atoms with Gasteiger partial charge in [-0.25, -0.2) is 28.2 Å². The minimum absolute atomic E-state index is 0.0381. The zero-order chi connectivity index (χ0) is 28.9. The second-order valence-corrected chi connectivity index (χ2v) is 15.8. The SMILES string of the molecule is Nc1nc2c(nnn2[C@@H]2C[C@@H]3CO[P@](=O)(S)O[C@@H]4[C@@H](CO[P@](=O)(S)O[C@@H]2C3)C[C@@H](Nc2ccncn2)[C@@H]4F)c(=O)[nH]1. The highest BCUT2D eigenvalue weighted by Crippen LogP contribution is 2.61.